The smallest absolute Gasteiger partial charge is 0.344 e. The summed E-state index contributed by atoms with van der Waals surface area (Å²) in [6.07, 6.45) is 0.535. The largest absolute Gasteiger partial charge is 0.497 e. The van der Waals surface area contributed by atoms with Crippen LogP contribution in [-0.2, 0) is 14.3 Å². The Morgan fingerprint density at radius 2 is 1.56 bits per heavy atom. The third-order valence-electron chi connectivity index (χ3n) is 5.62. The first kappa shape index (κ1) is 24.8. The number of nitrogens with zero attached hydrogens (tertiary/aromatic N) is 2. The van der Waals surface area contributed by atoms with Gasteiger partial charge in [0.05, 0.1) is 25.5 Å². The van der Waals surface area contributed by atoms with Crippen LogP contribution in [0, 0.1) is 0 Å². The minimum atomic E-state index is -0.665. The van der Waals surface area contributed by atoms with Crippen LogP contribution >= 0.6 is 0 Å². The average Bonchev–Trinajstić information content (AvgIpc) is 3.38. The first-order chi connectivity index (χ1) is 17.6. The van der Waals surface area contributed by atoms with Gasteiger partial charge in [-0.2, -0.15) is 5.10 Å². The zero-order valence-electron chi connectivity index (χ0n) is 20.3. The summed E-state index contributed by atoms with van der Waals surface area (Å²) in [6, 6.07) is 23.9. The highest BCUT2D eigenvalue weighted by Crippen LogP contribution is 2.33. The highest BCUT2D eigenvalue weighted by Gasteiger charge is 2.33. The van der Waals surface area contributed by atoms with E-state index in [4.69, 9.17) is 18.9 Å². The van der Waals surface area contributed by atoms with E-state index in [-0.39, 0.29) is 12.6 Å². The minimum absolute atomic E-state index is 0.327. The highest BCUT2D eigenvalue weighted by molar-refractivity contribution is 6.03. The molecule has 1 amide bonds. The van der Waals surface area contributed by atoms with Crippen molar-refractivity contribution in [3.63, 3.8) is 0 Å². The summed E-state index contributed by atoms with van der Waals surface area (Å²) < 4.78 is 21.5. The van der Waals surface area contributed by atoms with E-state index in [0.717, 1.165) is 22.6 Å². The van der Waals surface area contributed by atoms with Gasteiger partial charge >= 0.3 is 5.97 Å². The predicted molar refractivity (Wildman–Crippen MR) is 134 cm³/mol. The van der Waals surface area contributed by atoms with Crippen LogP contribution in [-0.4, -0.2) is 49.5 Å². The molecule has 1 aliphatic heterocycles. The molecule has 3 aromatic rings. The van der Waals surface area contributed by atoms with Gasteiger partial charge in [-0.1, -0.05) is 54.6 Å². The molecule has 3 aromatic carbocycles. The van der Waals surface area contributed by atoms with Crippen molar-refractivity contribution < 1.29 is 28.5 Å². The van der Waals surface area contributed by atoms with Crippen LogP contribution in [0.5, 0.6) is 17.2 Å². The number of esters is 1. The van der Waals surface area contributed by atoms with Gasteiger partial charge in [0, 0.05) is 6.42 Å². The number of benzene rings is 3. The van der Waals surface area contributed by atoms with E-state index < -0.39 is 18.5 Å². The zero-order valence-corrected chi connectivity index (χ0v) is 20.3. The molecule has 8 nitrogen and oxygen atoms in total. The van der Waals surface area contributed by atoms with Gasteiger partial charge in [0.15, 0.2) is 24.7 Å². The monoisotopic (exact) mass is 488 g/mol. The van der Waals surface area contributed by atoms with Gasteiger partial charge in [0.2, 0.25) is 0 Å². The van der Waals surface area contributed by atoms with Gasteiger partial charge in [-0.05, 0) is 42.3 Å². The molecule has 1 unspecified atom stereocenters. The van der Waals surface area contributed by atoms with E-state index in [9.17, 15) is 9.59 Å². The lowest BCUT2D eigenvalue weighted by Crippen LogP contribution is -2.32. The van der Waals surface area contributed by atoms with Gasteiger partial charge in [-0.25, -0.2) is 9.80 Å². The third-order valence-corrected chi connectivity index (χ3v) is 5.62. The normalized spacial score (nSPS) is 14.7. The number of hydrazone groups is 1. The van der Waals surface area contributed by atoms with Crippen molar-refractivity contribution in [3.05, 3.63) is 90.0 Å². The molecule has 0 N–H and O–H groups in total. The molecule has 186 valence electrons. The topological polar surface area (TPSA) is 86.7 Å². The molecule has 8 heteroatoms. The number of carbonyl (C=O) groups is 2. The van der Waals surface area contributed by atoms with Gasteiger partial charge in [0.25, 0.3) is 5.91 Å². The van der Waals surface area contributed by atoms with Crippen molar-refractivity contribution >= 4 is 17.6 Å². The summed E-state index contributed by atoms with van der Waals surface area (Å²) in [5, 5.41) is 5.98. The maximum absolute atomic E-state index is 13.1. The molecule has 0 saturated carbocycles. The number of hydrogen-bond donors (Lipinski definition) is 0. The molecule has 36 heavy (non-hydrogen) atoms. The van der Waals surface area contributed by atoms with E-state index in [1.165, 1.54) is 5.01 Å². The molecule has 4 rings (SSSR count). The standard InChI is InChI=1S/C28H28N2O6/c1-3-34-25-11-7-8-12-26(25)35-19-28(32)36-18-27(31)30-24(21-13-15-22(33-2)16-14-21)17-23(29-30)20-9-5-4-6-10-20/h4-16,24H,3,17-19H2,1-2H3. The first-order valence-electron chi connectivity index (χ1n) is 11.7. The molecule has 0 spiro atoms. The van der Waals surface area contributed by atoms with Crippen molar-refractivity contribution in [2.75, 3.05) is 26.9 Å². The number of carbonyl (C=O) groups excluding carboxylic acids is 2. The van der Waals surface area contributed by atoms with Crippen molar-refractivity contribution in [1.29, 1.82) is 0 Å². The second kappa shape index (κ2) is 11.9. The number of amides is 1. The fourth-order valence-electron chi connectivity index (χ4n) is 3.86. The van der Waals surface area contributed by atoms with Crippen molar-refractivity contribution in [3.8, 4) is 17.2 Å². The third kappa shape index (κ3) is 6.02. The molecule has 0 aromatic heterocycles. The molecule has 1 atom stereocenters. The average molecular weight is 489 g/mol. The summed E-state index contributed by atoms with van der Waals surface area (Å²) in [7, 11) is 1.60. The summed E-state index contributed by atoms with van der Waals surface area (Å²) in [4.78, 5) is 25.4. The van der Waals surface area contributed by atoms with E-state index in [2.05, 4.69) is 5.10 Å². The summed E-state index contributed by atoms with van der Waals surface area (Å²) in [6.45, 7) is 1.53. The Labute approximate surface area is 210 Å². The highest BCUT2D eigenvalue weighted by atomic mass is 16.6. The molecular formula is C28H28N2O6. The lowest BCUT2D eigenvalue weighted by atomic mass is 9.98. The van der Waals surface area contributed by atoms with Gasteiger partial charge in [0.1, 0.15) is 5.75 Å². The molecule has 1 heterocycles. The fraction of sp³-hybridized carbons (Fsp3) is 0.250. The lowest BCUT2D eigenvalue weighted by molar-refractivity contribution is -0.154. The van der Waals surface area contributed by atoms with Gasteiger partial charge in [-0.3, -0.25) is 4.79 Å². The quantitative estimate of drug-likeness (QED) is 0.394. The molecule has 0 fully saturated rings. The molecule has 1 aliphatic rings. The van der Waals surface area contributed by atoms with Crippen LogP contribution in [0.1, 0.15) is 30.5 Å². The maximum atomic E-state index is 13.1. The summed E-state index contributed by atoms with van der Waals surface area (Å²) in [5.74, 6) is 0.593. The number of para-hydroxylation sites is 2. The van der Waals surface area contributed by atoms with E-state index in [0.29, 0.717) is 24.5 Å². The Balaban J connectivity index is 1.42. The number of methoxy groups -OCH3 is 1. The Morgan fingerprint density at radius 1 is 0.889 bits per heavy atom. The van der Waals surface area contributed by atoms with E-state index >= 15 is 0 Å². The second-order valence-electron chi connectivity index (χ2n) is 7.97. The van der Waals surface area contributed by atoms with Crippen LogP contribution in [0.15, 0.2) is 84.0 Å². The Hall–Kier alpha value is -4.33. The van der Waals surface area contributed by atoms with E-state index in [1.807, 2.05) is 67.6 Å². The Bertz CT molecular complexity index is 1210. The summed E-state index contributed by atoms with van der Waals surface area (Å²) >= 11 is 0. The Kier molecular flexibility index (Phi) is 8.18. The second-order valence-corrected chi connectivity index (χ2v) is 7.97. The van der Waals surface area contributed by atoms with Crippen LogP contribution in [0.25, 0.3) is 0 Å². The molecule has 0 saturated heterocycles. The van der Waals surface area contributed by atoms with Crippen LogP contribution in [0.2, 0.25) is 0 Å². The molecule has 0 bridgehead atoms. The van der Waals surface area contributed by atoms with Crippen LogP contribution < -0.4 is 14.2 Å². The van der Waals surface area contributed by atoms with Crippen molar-refractivity contribution in [2.45, 2.75) is 19.4 Å². The summed E-state index contributed by atoms with van der Waals surface area (Å²) in [5.41, 5.74) is 2.62. The fourth-order valence-corrected chi connectivity index (χ4v) is 3.86. The van der Waals surface area contributed by atoms with Crippen LogP contribution in [0.3, 0.4) is 0 Å². The Morgan fingerprint density at radius 3 is 2.22 bits per heavy atom. The van der Waals surface area contributed by atoms with Gasteiger partial charge in [-0.15, -0.1) is 0 Å². The number of rotatable bonds is 10. The predicted octanol–water partition coefficient (Wildman–Crippen LogP) is 4.39. The number of hydrogen-bond acceptors (Lipinski definition) is 7. The van der Waals surface area contributed by atoms with E-state index in [1.54, 1.807) is 25.3 Å². The molecular weight excluding hydrogens is 460 g/mol. The van der Waals surface area contributed by atoms with Crippen LogP contribution in [0.4, 0.5) is 0 Å². The minimum Gasteiger partial charge on any atom is -0.497 e. The maximum Gasteiger partial charge on any atom is 0.344 e. The zero-order chi connectivity index (χ0) is 25.3. The lowest BCUT2D eigenvalue weighted by Gasteiger charge is -2.22. The van der Waals surface area contributed by atoms with Gasteiger partial charge < -0.3 is 18.9 Å². The molecule has 0 radical (unpaired) electrons. The SMILES string of the molecule is CCOc1ccccc1OCC(=O)OCC(=O)N1N=C(c2ccccc2)CC1c1ccc(OC)cc1. The van der Waals surface area contributed by atoms with Crippen molar-refractivity contribution in [1.82, 2.24) is 5.01 Å². The number of ether oxygens (including phenoxy) is 4. The molecule has 0 aliphatic carbocycles. The first-order valence-corrected chi connectivity index (χ1v) is 11.7. The van der Waals surface area contributed by atoms with Crippen molar-refractivity contribution in [2.24, 2.45) is 5.10 Å².